The molecule has 6 heteroatoms. The highest BCUT2D eigenvalue weighted by atomic mass is 32.2. The monoisotopic (exact) mass is 403 g/mol. The van der Waals surface area contributed by atoms with Gasteiger partial charge in [0.25, 0.3) is 0 Å². The van der Waals surface area contributed by atoms with Gasteiger partial charge in [0.05, 0.1) is 16.5 Å². The van der Waals surface area contributed by atoms with E-state index in [1.54, 1.807) is 23.1 Å². The summed E-state index contributed by atoms with van der Waals surface area (Å²) in [5, 5.41) is 6.15. The first-order chi connectivity index (χ1) is 13.1. The molecule has 1 N–H and O–H groups in total. The van der Waals surface area contributed by atoms with Crippen molar-refractivity contribution in [2.75, 3.05) is 12.3 Å². The molecule has 1 aliphatic heterocycles. The number of aromatic nitrogens is 1. The molecular formula is C21H29N3OS2. The zero-order chi connectivity index (χ0) is 19.1. The van der Waals surface area contributed by atoms with Gasteiger partial charge >= 0.3 is 0 Å². The lowest BCUT2D eigenvalue weighted by atomic mass is 10.0. The number of nitrogens with zero attached hydrogens (tertiary/aromatic N) is 2. The van der Waals surface area contributed by atoms with Crippen molar-refractivity contribution < 1.29 is 4.79 Å². The second-order valence-corrected chi connectivity index (χ2v) is 9.31. The van der Waals surface area contributed by atoms with Gasteiger partial charge in [-0.1, -0.05) is 30.7 Å². The third kappa shape index (κ3) is 6.63. The Balaban J connectivity index is 1.37. The van der Waals surface area contributed by atoms with Gasteiger partial charge in [0.2, 0.25) is 5.91 Å². The Hall–Kier alpha value is -1.37. The molecule has 27 heavy (non-hydrogen) atoms. The molecule has 4 nitrogen and oxygen atoms in total. The zero-order valence-electron chi connectivity index (χ0n) is 16.2. The van der Waals surface area contributed by atoms with E-state index in [1.807, 2.05) is 6.92 Å². The van der Waals surface area contributed by atoms with Gasteiger partial charge in [0.15, 0.2) is 0 Å². The predicted molar refractivity (Wildman–Crippen MR) is 115 cm³/mol. The summed E-state index contributed by atoms with van der Waals surface area (Å²) in [7, 11) is 0. The summed E-state index contributed by atoms with van der Waals surface area (Å²) in [5.74, 6) is 1.35. The van der Waals surface area contributed by atoms with E-state index in [-0.39, 0.29) is 5.91 Å². The summed E-state index contributed by atoms with van der Waals surface area (Å²) in [4.78, 5) is 19.0. The molecule has 1 aliphatic rings. The summed E-state index contributed by atoms with van der Waals surface area (Å²) >= 11 is 3.27. The van der Waals surface area contributed by atoms with E-state index in [1.165, 1.54) is 31.4 Å². The lowest BCUT2D eigenvalue weighted by Crippen LogP contribution is -2.36. The van der Waals surface area contributed by atoms with Crippen LogP contribution in [0, 0.1) is 6.92 Å². The number of amides is 1. The van der Waals surface area contributed by atoms with E-state index in [9.17, 15) is 4.79 Å². The van der Waals surface area contributed by atoms with Crippen LogP contribution in [0.3, 0.4) is 0 Å². The fourth-order valence-corrected chi connectivity index (χ4v) is 4.83. The number of carbonyl (C=O) groups is 1. The standard InChI is InChI=1S/C21H29N3OS2/c1-16-5-3-4-10-24(16)12-19-8-6-18(7-9-19)11-22-21(25)15-26-13-20-14-27-17(2)23-20/h6-9,14,16H,3-5,10-13,15H2,1-2H3,(H,22,25)/t16-/m1/s1. The van der Waals surface area contributed by atoms with Crippen molar-refractivity contribution in [2.24, 2.45) is 0 Å². The predicted octanol–water partition coefficient (Wildman–Crippen LogP) is 4.38. The van der Waals surface area contributed by atoms with Crippen LogP contribution >= 0.6 is 23.1 Å². The number of thiazole rings is 1. The van der Waals surface area contributed by atoms with Crippen LogP contribution in [0.2, 0.25) is 0 Å². The summed E-state index contributed by atoms with van der Waals surface area (Å²) in [6.45, 7) is 7.16. The maximum absolute atomic E-state index is 12.0. The molecular weight excluding hydrogens is 374 g/mol. The molecule has 0 spiro atoms. The van der Waals surface area contributed by atoms with Crippen LogP contribution in [0.25, 0.3) is 0 Å². The molecule has 1 saturated heterocycles. The molecule has 2 heterocycles. The fourth-order valence-electron chi connectivity index (χ4n) is 3.36. The number of nitrogens with one attached hydrogen (secondary N) is 1. The average Bonchev–Trinajstić information content (AvgIpc) is 3.08. The van der Waals surface area contributed by atoms with Crippen molar-refractivity contribution >= 4 is 29.0 Å². The highest BCUT2D eigenvalue weighted by molar-refractivity contribution is 7.99. The van der Waals surface area contributed by atoms with Crippen LogP contribution < -0.4 is 5.32 Å². The van der Waals surface area contributed by atoms with E-state index in [4.69, 9.17) is 0 Å². The second kappa shape index (κ2) is 10.2. The van der Waals surface area contributed by atoms with Crippen LogP contribution in [-0.2, 0) is 23.6 Å². The fraction of sp³-hybridized carbons (Fsp3) is 0.524. The van der Waals surface area contributed by atoms with Crippen LogP contribution in [0.1, 0.15) is 48.0 Å². The van der Waals surface area contributed by atoms with Crippen molar-refractivity contribution in [2.45, 2.75) is 58.0 Å². The van der Waals surface area contributed by atoms with Crippen molar-refractivity contribution in [3.05, 3.63) is 51.5 Å². The zero-order valence-corrected chi connectivity index (χ0v) is 17.9. The molecule has 0 radical (unpaired) electrons. The van der Waals surface area contributed by atoms with Crippen LogP contribution in [0.4, 0.5) is 0 Å². The first-order valence-corrected chi connectivity index (χ1v) is 11.7. The topological polar surface area (TPSA) is 45.2 Å². The van der Waals surface area contributed by atoms with E-state index in [0.29, 0.717) is 18.3 Å². The smallest absolute Gasteiger partial charge is 0.230 e. The van der Waals surface area contributed by atoms with Gasteiger partial charge in [-0.3, -0.25) is 9.69 Å². The number of benzene rings is 1. The maximum atomic E-state index is 12.0. The van der Waals surface area contributed by atoms with E-state index in [0.717, 1.165) is 28.6 Å². The highest BCUT2D eigenvalue weighted by Gasteiger charge is 2.17. The number of piperidine rings is 1. The number of carbonyl (C=O) groups excluding carboxylic acids is 1. The first kappa shape index (κ1) is 20.4. The molecule has 1 aromatic heterocycles. The number of hydrogen-bond donors (Lipinski definition) is 1. The molecule has 1 aromatic carbocycles. The minimum absolute atomic E-state index is 0.0816. The molecule has 2 aromatic rings. The molecule has 0 saturated carbocycles. The Labute approximate surface area is 170 Å². The summed E-state index contributed by atoms with van der Waals surface area (Å²) in [5.41, 5.74) is 3.57. The Kier molecular flexibility index (Phi) is 7.73. The molecule has 146 valence electrons. The average molecular weight is 404 g/mol. The number of thioether (sulfide) groups is 1. The molecule has 0 unspecified atom stereocenters. The lowest BCUT2D eigenvalue weighted by molar-refractivity contribution is -0.118. The molecule has 0 aliphatic carbocycles. The molecule has 1 fully saturated rings. The van der Waals surface area contributed by atoms with Gasteiger partial charge < -0.3 is 5.32 Å². The Morgan fingerprint density at radius 3 is 2.78 bits per heavy atom. The third-order valence-electron chi connectivity index (χ3n) is 4.99. The highest BCUT2D eigenvalue weighted by Crippen LogP contribution is 2.19. The normalized spacial score (nSPS) is 17.8. The van der Waals surface area contributed by atoms with Gasteiger partial charge in [0.1, 0.15) is 0 Å². The molecule has 3 rings (SSSR count). The Bertz CT molecular complexity index is 729. The number of aryl methyl sites for hydroxylation is 1. The van der Waals surface area contributed by atoms with Gasteiger partial charge in [-0.25, -0.2) is 4.98 Å². The van der Waals surface area contributed by atoms with Crippen LogP contribution in [0.15, 0.2) is 29.6 Å². The van der Waals surface area contributed by atoms with E-state index < -0.39 is 0 Å². The summed E-state index contributed by atoms with van der Waals surface area (Å²) < 4.78 is 0. The summed E-state index contributed by atoms with van der Waals surface area (Å²) in [6, 6.07) is 9.35. The maximum Gasteiger partial charge on any atom is 0.230 e. The van der Waals surface area contributed by atoms with Crippen LogP contribution in [-0.4, -0.2) is 34.1 Å². The number of rotatable bonds is 8. The molecule has 0 bridgehead atoms. The molecule has 1 atom stereocenters. The SMILES string of the molecule is Cc1nc(CSCC(=O)NCc2ccc(CN3CCCC[C@H]3C)cc2)cs1. The Morgan fingerprint density at radius 2 is 2.07 bits per heavy atom. The van der Waals surface area contributed by atoms with Crippen molar-refractivity contribution in [3.63, 3.8) is 0 Å². The minimum Gasteiger partial charge on any atom is -0.351 e. The lowest BCUT2D eigenvalue weighted by Gasteiger charge is -2.33. The number of likely N-dealkylation sites (tertiary alicyclic amines) is 1. The molecule has 1 amide bonds. The first-order valence-electron chi connectivity index (χ1n) is 9.67. The summed E-state index contributed by atoms with van der Waals surface area (Å²) in [6.07, 6.45) is 3.98. The van der Waals surface area contributed by atoms with Gasteiger partial charge in [-0.2, -0.15) is 0 Å². The largest absolute Gasteiger partial charge is 0.351 e. The van der Waals surface area contributed by atoms with E-state index >= 15 is 0 Å². The minimum atomic E-state index is 0.0816. The Morgan fingerprint density at radius 1 is 1.30 bits per heavy atom. The third-order valence-corrected chi connectivity index (χ3v) is 6.78. The van der Waals surface area contributed by atoms with Crippen molar-refractivity contribution in [1.29, 1.82) is 0 Å². The van der Waals surface area contributed by atoms with E-state index in [2.05, 4.69) is 51.8 Å². The van der Waals surface area contributed by atoms with Crippen molar-refractivity contribution in [1.82, 2.24) is 15.2 Å². The van der Waals surface area contributed by atoms with Crippen molar-refractivity contribution in [3.8, 4) is 0 Å². The van der Waals surface area contributed by atoms with Crippen LogP contribution in [0.5, 0.6) is 0 Å². The number of hydrogen-bond acceptors (Lipinski definition) is 5. The quantitative estimate of drug-likeness (QED) is 0.711. The van der Waals surface area contributed by atoms with Gasteiger partial charge in [0, 0.05) is 30.3 Å². The second-order valence-electron chi connectivity index (χ2n) is 7.26. The van der Waals surface area contributed by atoms with Gasteiger partial charge in [-0.05, 0) is 44.4 Å². The van der Waals surface area contributed by atoms with Gasteiger partial charge in [-0.15, -0.1) is 23.1 Å².